The summed E-state index contributed by atoms with van der Waals surface area (Å²) in [5.74, 6) is 0. The molecule has 0 amide bonds. The summed E-state index contributed by atoms with van der Waals surface area (Å²) in [6.07, 6.45) is 13.1. The van der Waals surface area contributed by atoms with Gasteiger partial charge in [0.15, 0.2) is 0 Å². The van der Waals surface area contributed by atoms with Crippen molar-refractivity contribution >= 4 is 14.7 Å². The summed E-state index contributed by atoms with van der Waals surface area (Å²) < 4.78 is 0. The van der Waals surface area contributed by atoms with Crippen LogP contribution in [0.25, 0.3) is 0 Å². The fourth-order valence-electron chi connectivity index (χ4n) is 2.03. The fraction of sp³-hybridized carbons (Fsp3) is 0.882. The summed E-state index contributed by atoms with van der Waals surface area (Å²) in [7, 11) is 0. The first-order valence-corrected chi connectivity index (χ1v) is 11.9. The molecule has 2 heteroatoms. The van der Waals surface area contributed by atoms with E-state index in [2.05, 4.69) is 18.7 Å². The van der Waals surface area contributed by atoms with Crippen LogP contribution < -0.4 is 0 Å². The fourth-order valence-corrected chi connectivity index (χ4v) is 6.98. The Morgan fingerprint density at radius 1 is 0.842 bits per heavy atom. The molecule has 0 radical (unpaired) electrons. The minimum atomic E-state index is -0.831. The summed E-state index contributed by atoms with van der Waals surface area (Å²) in [6, 6.07) is 0. The number of aliphatic hydroxyl groups is 1. The van der Waals surface area contributed by atoms with E-state index in [1.807, 2.05) is 19.9 Å². The molecule has 0 unspecified atom stereocenters. The molecule has 0 aliphatic rings. The van der Waals surface area contributed by atoms with Gasteiger partial charge in [-0.3, -0.25) is 0 Å². The quantitative estimate of drug-likeness (QED) is 0.369. The molecule has 0 saturated carbocycles. The van der Waals surface area contributed by atoms with Crippen LogP contribution in [-0.4, -0.2) is 25.4 Å². The van der Waals surface area contributed by atoms with Crippen LogP contribution in [0.2, 0.25) is 10.4 Å². The van der Waals surface area contributed by atoms with E-state index in [4.69, 9.17) is 0 Å². The first-order valence-electron chi connectivity index (χ1n) is 8.15. The first kappa shape index (κ1) is 19.3. The average molecular weight is 330 g/mol. The number of hydrogen-bond acceptors (Lipinski definition) is 1. The summed E-state index contributed by atoms with van der Waals surface area (Å²) in [6.45, 7) is 8.30. The van der Waals surface area contributed by atoms with E-state index in [0.717, 1.165) is 0 Å². The van der Waals surface area contributed by atoms with Crippen molar-refractivity contribution in [1.82, 2.24) is 0 Å². The molecule has 0 rings (SSSR count). The van der Waals surface area contributed by atoms with Crippen LogP contribution in [-0.2, 0) is 0 Å². The normalized spacial score (nSPS) is 12.7. The van der Waals surface area contributed by atoms with Crippen molar-refractivity contribution in [2.45, 2.75) is 95.1 Å². The minimum absolute atomic E-state index is 0.625. The topological polar surface area (TPSA) is 20.2 Å². The predicted molar refractivity (Wildman–Crippen MR) is 89.1 cm³/mol. The Morgan fingerprint density at radius 3 is 1.68 bits per heavy atom. The molecule has 114 valence electrons. The van der Waals surface area contributed by atoms with Crippen LogP contribution in [0.15, 0.2) is 10.9 Å². The zero-order valence-electron chi connectivity index (χ0n) is 13.6. The van der Waals surface area contributed by atoms with Gasteiger partial charge in [-0.15, -0.1) is 0 Å². The second-order valence-electron chi connectivity index (χ2n) is 6.13. The SMILES string of the molecule is CCCCCC[As](/C=C/C(C)(C)O)CCCCCC. The summed E-state index contributed by atoms with van der Waals surface area (Å²) in [5.41, 5.74) is -0.625. The van der Waals surface area contributed by atoms with Crippen molar-refractivity contribution in [2.24, 2.45) is 0 Å². The third-order valence-corrected chi connectivity index (χ3v) is 8.23. The van der Waals surface area contributed by atoms with Gasteiger partial charge in [-0.25, -0.2) is 0 Å². The van der Waals surface area contributed by atoms with Gasteiger partial charge in [0.25, 0.3) is 0 Å². The Hall–Kier alpha value is 0.258. The Kier molecular flexibility index (Phi) is 12.2. The third kappa shape index (κ3) is 14.5. The van der Waals surface area contributed by atoms with Gasteiger partial charge in [0.05, 0.1) is 0 Å². The van der Waals surface area contributed by atoms with Crippen molar-refractivity contribution in [3.63, 3.8) is 0 Å². The van der Waals surface area contributed by atoms with E-state index < -0.39 is 20.3 Å². The number of hydrogen-bond donors (Lipinski definition) is 1. The van der Waals surface area contributed by atoms with Crippen LogP contribution in [0.1, 0.15) is 79.1 Å². The molecule has 19 heavy (non-hydrogen) atoms. The zero-order chi connectivity index (χ0) is 14.6. The second kappa shape index (κ2) is 12.0. The molecule has 0 aromatic rings. The maximum absolute atomic E-state index is 9.82. The van der Waals surface area contributed by atoms with Gasteiger partial charge < -0.3 is 0 Å². The molecule has 0 spiro atoms. The molecule has 0 aromatic carbocycles. The summed E-state index contributed by atoms with van der Waals surface area (Å²) in [4.78, 5) is 2.41. The van der Waals surface area contributed by atoms with E-state index in [1.54, 1.807) is 0 Å². The van der Waals surface area contributed by atoms with Crippen molar-refractivity contribution in [1.29, 1.82) is 0 Å². The zero-order valence-corrected chi connectivity index (χ0v) is 15.5. The van der Waals surface area contributed by atoms with Crippen molar-refractivity contribution < 1.29 is 5.11 Å². The number of unbranched alkanes of at least 4 members (excludes halogenated alkanes) is 6. The molecule has 1 N–H and O–H groups in total. The molecule has 0 atom stereocenters. The van der Waals surface area contributed by atoms with Gasteiger partial charge in [-0.2, -0.15) is 0 Å². The summed E-state index contributed by atoms with van der Waals surface area (Å²) in [5, 5.41) is 12.7. The van der Waals surface area contributed by atoms with Gasteiger partial charge >= 0.3 is 126 Å². The van der Waals surface area contributed by atoms with Crippen LogP contribution in [0.4, 0.5) is 0 Å². The van der Waals surface area contributed by atoms with Gasteiger partial charge in [0.2, 0.25) is 0 Å². The molecule has 0 aliphatic heterocycles. The molecule has 0 aliphatic carbocycles. The molecule has 0 aromatic heterocycles. The van der Waals surface area contributed by atoms with E-state index in [-0.39, 0.29) is 0 Å². The average Bonchev–Trinajstić information content (AvgIpc) is 2.34. The van der Waals surface area contributed by atoms with Crippen molar-refractivity contribution in [2.75, 3.05) is 0 Å². The standard InChI is InChI=1S/C17H35AsO/c1-5-7-9-11-14-18(15-12-10-8-6-2)16-13-17(3,4)19/h13,16,19H,5-12,14-15H2,1-4H3/b16-13+. The van der Waals surface area contributed by atoms with Crippen LogP contribution in [0.5, 0.6) is 0 Å². The molecule has 0 fully saturated rings. The Morgan fingerprint density at radius 2 is 1.32 bits per heavy atom. The van der Waals surface area contributed by atoms with E-state index in [0.29, 0.717) is 0 Å². The van der Waals surface area contributed by atoms with Gasteiger partial charge in [0.1, 0.15) is 0 Å². The molecular weight excluding hydrogens is 295 g/mol. The third-order valence-electron chi connectivity index (χ3n) is 3.29. The van der Waals surface area contributed by atoms with Crippen LogP contribution >= 0.6 is 0 Å². The molecule has 0 heterocycles. The summed E-state index contributed by atoms with van der Waals surface area (Å²) >= 11 is -0.831. The van der Waals surface area contributed by atoms with Gasteiger partial charge in [-0.1, -0.05) is 0 Å². The number of rotatable bonds is 12. The van der Waals surface area contributed by atoms with Crippen LogP contribution in [0.3, 0.4) is 0 Å². The second-order valence-corrected chi connectivity index (χ2v) is 11.1. The van der Waals surface area contributed by atoms with E-state index in [1.165, 1.54) is 61.8 Å². The van der Waals surface area contributed by atoms with Crippen molar-refractivity contribution in [3.05, 3.63) is 10.9 Å². The first-order chi connectivity index (χ1) is 8.99. The van der Waals surface area contributed by atoms with Crippen LogP contribution in [0, 0.1) is 0 Å². The van der Waals surface area contributed by atoms with E-state index >= 15 is 0 Å². The Labute approximate surface area is 126 Å². The van der Waals surface area contributed by atoms with Gasteiger partial charge in [-0.05, 0) is 0 Å². The monoisotopic (exact) mass is 330 g/mol. The van der Waals surface area contributed by atoms with Crippen molar-refractivity contribution in [3.8, 4) is 0 Å². The van der Waals surface area contributed by atoms with E-state index in [9.17, 15) is 5.11 Å². The maximum atomic E-state index is 9.82. The molecule has 0 saturated heterocycles. The van der Waals surface area contributed by atoms with Gasteiger partial charge in [0, 0.05) is 0 Å². The Bertz CT molecular complexity index is 206. The Balaban J connectivity index is 4.03. The predicted octanol–water partition coefficient (Wildman–Crippen LogP) is 5.51. The molecular formula is C17H35AsO. The molecule has 1 nitrogen and oxygen atoms in total. The molecule has 0 bridgehead atoms.